The average molecular weight is 494 g/mol. The highest BCUT2D eigenvalue weighted by atomic mass is 32.2. The van der Waals surface area contributed by atoms with Gasteiger partial charge in [0.2, 0.25) is 17.7 Å². The summed E-state index contributed by atoms with van der Waals surface area (Å²) in [6.45, 7) is 3.87. The topological polar surface area (TPSA) is 161 Å². The Hall–Kier alpha value is -2.83. The van der Waals surface area contributed by atoms with Crippen molar-refractivity contribution in [3.8, 4) is 0 Å². The van der Waals surface area contributed by atoms with Gasteiger partial charge in [-0.25, -0.2) is 4.79 Å². The third kappa shape index (κ3) is 4.10. The zero-order valence-electron chi connectivity index (χ0n) is 18.9. The van der Waals surface area contributed by atoms with Crippen LogP contribution >= 0.6 is 11.8 Å². The highest BCUT2D eigenvalue weighted by Crippen LogP contribution is 2.51. The summed E-state index contributed by atoms with van der Waals surface area (Å²) in [5, 5.41) is 31.7. The number of hydrogen-bond donors (Lipinski definition) is 4. The fraction of sp³-hybridized carbons (Fsp3) is 0.545. The predicted molar refractivity (Wildman–Crippen MR) is 121 cm³/mol. The Morgan fingerprint density at radius 3 is 2.65 bits per heavy atom. The van der Waals surface area contributed by atoms with Crippen molar-refractivity contribution >= 4 is 41.4 Å². The molecule has 12 heteroatoms. The first-order chi connectivity index (χ1) is 16.0. The Bertz CT molecular complexity index is 1070. The molecule has 1 aromatic heterocycles. The van der Waals surface area contributed by atoms with Gasteiger partial charge < -0.3 is 30.0 Å². The summed E-state index contributed by atoms with van der Waals surface area (Å²) in [6, 6.07) is 2.16. The van der Waals surface area contributed by atoms with Gasteiger partial charge in [-0.15, -0.1) is 11.8 Å². The largest absolute Gasteiger partial charge is 0.481 e. The molecule has 1 aromatic rings. The number of aliphatic hydroxyl groups excluding tert-OH is 1. The van der Waals surface area contributed by atoms with E-state index in [1.165, 1.54) is 34.6 Å². The lowest BCUT2D eigenvalue weighted by Crippen LogP contribution is -2.63. The molecule has 0 aromatic carbocycles. The smallest absolute Gasteiger partial charge is 0.353 e. The van der Waals surface area contributed by atoms with Crippen LogP contribution in [0, 0.1) is 11.8 Å². The lowest BCUT2D eigenvalue weighted by Gasteiger charge is -2.46. The molecule has 0 unspecified atom stereocenters. The molecule has 2 fully saturated rings. The predicted octanol–water partition coefficient (Wildman–Crippen LogP) is 0.487. The fourth-order valence-electron chi connectivity index (χ4n) is 4.97. The molecule has 0 bridgehead atoms. The van der Waals surface area contributed by atoms with Crippen LogP contribution in [0.4, 0.5) is 5.88 Å². The second-order valence-electron chi connectivity index (χ2n) is 8.92. The number of carbonyl (C=O) groups is 4. The van der Waals surface area contributed by atoms with Gasteiger partial charge in [-0.3, -0.25) is 19.3 Å². The molecule has 3 aliphatic heterocycles. The number of aliphatic carboxylic acids is 2. The van der Waals surface area contributed by atoms with Gasteiger partial charge in [0.15, 0.2) is 0 Å². The molecule has 4 heterocycles. The van der Waals surface area contributed by atoms with Gasteiger partial charge in [-0.2, -0.15) is 0 Å². The minimum Gasteiger partial charge on any atom is -0.481 e. The molecule has 2 amide bonds. The molecule has 4 N–H and O–H groups in total. The van der Waals surface area contributed by atoms with Crippen molar-refractivity contribution in [1.29, 1.82) is 0 Å². The van der Waals surface area contributed by atoms with Crippen LogP contribution in [0.25, 0.3) is 0 Å². The Kier molecular flexibility index (Phi) is 6.49. The molecule has 4 rings (SSSR count). The van der Waals surface area contributed by atoms with E-state index in [1.807, 2.05) is 6.92 Å². The van der Waals surface area contributed by atoms with Crippen LogP contribution in [0.1, 0.15) is 26.0 Å². The lowest BCUT2D eigenvalue weighted by molar-refractivity contribution is -0.163. The van der Waals surface area contributed by atoms with E-state index >= 15 is 0 Å². The zero-order chi connectivity index (χ0) is 24.9. The second-order valence-corrected chi connectivity index (χ2v) is 10.3. The number of rotatable bonds is 8. The summed E-state index contributed by atoms with van der Waals surface area (Å²) >= 11 is 1.36. The Balaban J connectivity index is 1.43. The van der Waals surface area contributed by atoms with Gasteiger partial charge in [0, 0.05) is 35.7 Å². The van der Waals surface area contributed by atoms with E-state index in [9.17, 15) is 29.4 Å². The number of nitrogens with one attached hydrogen (secondary N) is 1. The van der Waals surface area contributed by atoms with Gasteiger partial charge in [-0.05, 0) is 19.4 Å². The average Bonchev–Trinajstić information content (AvgIpc) is 3.45. The van der Waals surface area contributed by atoms with E-state index in [2.05, 4.69) is 5.32 Å². The van der Waals surface area contributed by atoms with Crippen molar-refractivity contribution in [2.45, 2.75) is 50.1 Å². The van der Waals surface area contributed by atoms with Gasteiger partial charge in [0.05, 0.1) is 24.1 Å². The molecule has 0 radical (unpaired) electrons. The van der Waals surface area contributed by atoms with Crippen molar-refractivity contribution in [2.75, 3.05) is 18.5 Å². The highest BCUT2D eigenvalue weighted by Gasteiger charge is 2.60. The van der Waals surface area contributed by atoms with E-state index in [1.54, 1.807) is 13.1 Å². The molecule has 0 saturated carbocycles. The van der Waals surface area contributed by atoms with E-state index in [0.29, 0.717) is 17.9 Å². The van der Waals surface area contributed by atoms with E-state index in [-0.39, 0.29) is 52.8 Å². The minimum absolute atomic E-state index is 0.0298. The Labute approximate surface area is 199 Å². The van der Waals surface area contributed by atoms with Crippen LogP contribution in [0.2, 0.25) is 0 Å². The fourth-order valence-corrected chi connectivity index (χ4v) is 6.45. The molecule has 3 aliphatic rings. The summed E-state index contributed by atoms with van der Waals surface area (Å²) < 4.78 is 5.46. The quantitative estimate of drug-likeness (QED) is 0.375. The van der Waals surface area contributed by atoms with Crippen LogP contribution in [-0.4, -0.2) is 81.0 Å². The maximum Gasteiger partial charge on any atom is 0.353 e. The van der Waals surface area contributed by atoms with Crippen molar-refractivity contribution < 1.29 is 38.9 Å². The molecular weight excluding hydrogens is 466 g/mol. The summed E-state index contributed by atoms with van der Waals surface area (Å²) in [7, 11) is 1.55. The summed E-state index contributed by atoms with van der Waals surface area (Å²) in [6.07, 6.45) is -0.699. The molecule has 2 saturated heterocycles. The van der Waals surface area contributed by atoms with Crippen LogP contribution in [-0.2, 0) is 25.6 Å². The third-order valence-electron chi connectivity index (χ3n) is 6.63. The normalized spacial score (nSPS) is 29.1. The monoisotopic (exact) mass is 493 g/mol. The number of thioether (sulfide) groups is 1. The van der Waals surface area contributed by atoms with Crippen molar-refractivity contribution in [3.05, 3.63) is 28.5 Å². The van der Waals surface area contributed by atoms with E-state index < -0.39 is 30.0 Å². The molecule has 34 heavy (non-hydrogen) atoms. The molecule has 6 atom stereocenters. The number of carboxylic acid groups (broad SMARTS) is 2. The molecule has 0 aliphatic carbocycles. The summed E-state index contributed by atoms with van der Waals surface area (Å²) in [5.74, 6) is -3.20. The summed E-state index contributed by atoms with van der Waals surface area (Å²) in [5.41, 5.74) is -0.0298. The van der Waals surface area contributed by atoms with Gasteiger partial charge in [0.25, 0.3) is 0 Å². The molecule has 184 valence electrons. The maximum atomic E-state index is 13.0. The SMILES string of the molecule is C[C@@H](O)[C@H]1C(=O)N2C(C(=O)O)=C(S[C@@H]3CN[C@H](C(=O)N(C)c4ccc(CC(=O)O)o4)C3)[C@H](C)[C@H]12. The number of amides is 2. The number of nitrogens with zero attached hydrogens (tertiary/aromatic N) is 2. The maximum absolute atomic E-state index is 13.0. The number of carboxylic acids is 2. The van der Waals surface area contributed by atoms with Gasteiger partial charge >= 0.3 is 11.9 Å². The number of likely N-dealkylation sites (N-methyl/N-ethyl adjacent to an activating group) is 1. The Morgan fingerprint density at radius 1 is 1.32 bits per heavy atom. The molecule has 11 nitrogen and oxygen atoms in total. The number of anilines is 1. The van der Waals surface area contributed by atoms with Gasteiger partial charge in [-0.1, -0.05) is 6.92 Å². The first kappa shape index (κ1) is 24.3. The van der Waals surface area contributed by atoms with Crippen molar-refractivity contribution in [2.24, 2.45) is 11.8 Å². The first-order valence-corrected chi connectivity index (χ1v) is 11.9. The number of β-lactam (4-membered cyclic amide) rings is 1. The number of hydrogen-bond acceptors (Lipinski definition) is 8. The van der Waals surface area contributed by atoms with E-state index in [0.717, 1.165) is 0 Å². The van der Waals surface area contributed by atoms with Crippen LogP contribution in [0.3, 0.4) is 0 Å². The van der Waals surface area contributed by atoms with Crippen LogP contribution < -0.4 is 10.2 Å². The zero-order valence-corrected chi connectivity index (χ0v) is 19.7. The molecule has 0 spiro atoms. The summed E-state index contributed by atoms with van der Waals surface area (Å²) in [4.78, 5) is 51.5. The third-order valence-corrected chi connectivity index (χ3v) is 8.14. The van der Waals surface area contributed by atoms with Gasteiger partial charge in [0.1, 0.15) is 17.9 Å². The van der Waals surface area contributed by atoms with Crippen LogP contribution in [0.15, 0.2) is 27.2 Å². The van der Waals surface area contributed by atoms with Crippen LogP contribution in [0.5, 0.6) is 0 Å². The van der Waals surface area contributed by atoms with Crippen molar-refractivity contribution in [1.82, 2.24) is 10.2 Å². The van der Waals surface area contributed by atoms with Crippen molar-refractivity contribution in [3.63, 3.8) is 0 Å². The number of carbonyl (C=O) groups excluding carboxylic acids is 2. The highest BCUT2D eigenvalue weighted by molar-refractivity contribution is 8.03. The molecular formula is C22H27N3O8S. The Morgan fingerprint density at radius 2 is 2.03 bits per heavy atom. The number of aliphatic hydroxyl groups is 1. The first-order valence-electron chi connectivity index (χ1n) is 11.0. The number of fused-ring (bicyclic) bond motifs is 1. The number of furan rings is 1. The van der Waals surface area contributed by atoms with E-state index in [4.69, 9.17) is 9.52 Å². The minimum atomic E-state index is -1.18. The second kappa shape index (κ2) is 9.08. The standard InChI is InChI=1S/C22H27N3O8S/c1-9-17-16(10(2)26)21(30)25(17)18(22(31)32)19(9)34-12-7-13(23-8-12)20(29)24(3)14-5-4-11(33-14)6-15(27)28/h4-5,9-10,12-13,16-17,23,26H,6-8H2,1-3H3,(H,27,28)(H,31,32)/t9-,10-,12+,13+,16-,17-/m1/s1. The lowest BCUT2D eigenvalue weighted by atomic mass is 9.79.